The second kappa shape index (κ2) is 7.56. The molecule has 0 aliphatic carbocycles. The highest BCUT2D eigenvalue weighted by molar-refractivity contribution is 6.31. The molecule has 4 nitrogen and oxygen atoms in total. The summed E-state index contributed by atoms with van der Waals surface area (Å²) in [4.78, 5) is 4.56. The molecule has 2 N–H and O–H groups in total. The van der Waals surface area contributed by atoms with Gasteiger partial charge >= 0.3 is 0 Å². The van der Waals surface area contributed by atoms with Crippen molar-refractivity contribution in [1.29, 1.82) is 0 Å². The van der Waals surface area contributed by atoms with Gasteiger partial charge in [0.1, 0.15) is 0 Å². The van der Waals surface area contributed by atoms with E-state index < -0.39 is 6.10 Å². The molecule has 0 spiro atoms. The van der Waals surface area contributed by atoms with Gasteiger partial charge in [-0.3, -0.25) is 9.80 Å². The van der Waals surface area contributed by atoms with E-state index in [2.05, 4.69) is 16.7 Å². The highest BCUT2D eigenvalue weighted by Crippen LogP contribution is 2.24. The summed E-state index contributed by atoms with van der Waals surface area (Å²) in [7, 11) is 0. The SMILES string of the molecule is C[C@H](O)CN1CCN(C[C@@H](O)c2ccccc2Cl)C[C@@H]1C. The third-order valence-corrected chi connectivity index (χ3v) is 4.39. The number of benzene rings is 1. The molecule has 0 bridgehead atoms. The summed E-state index contributed by atoms with van der Waals surface area (Å²) >= 11 is 6.13. The maximum absolute atomic E-state index is 10.4. The second-order valence-electron chi connectivity index (χ2n) is 5.99. The van der Waals surface area contributed by atoms with Crippen LogP contribution in [0, 0.1) is 0 Å². The highest BCUT2D eigenvalue weighted by atomic mass is 35.5. The first-order valence-corrected chi connectivity index (χ1v) is 7.92. The third kappa shape index (κ3) is 4.66. The molecule has 0 unspecified atom stereocenters. The van der Waals surface area contributed by atoms with Gasteiger partial charge in [-0.15, -0.1) is 0 Å². The lowest BCUT2D eigenvalue weighted by Gasteiger charge is -2.41. The first-order valence-electron chi connectivity index (χ1n) is 7.54. The Balaban J connectivity index is 1.89. The van der Waals surface area contributed by atoms with Crippen molar-refractivity contribution >= 4 is 11.6 Å². The maximum Gasteiger partial charge on any atom is 0.0931 e. The van der Waals surface area contributed by atoms with E-state index >= 15 is 0 Å². The lowest BCUT2D eigenvalue weighted by molar-refractivity contribution is 0.0240. The molecule has 1 heterocycles. The standard InChI is InChI=1S/C16H25ClN2O2/c1-12-9-18(7-8-19(12)10-13(2)20)11-16(21)14-5-3-4-6-15(14)17/h3-6,12-13,16,20-21H,7-11H2,1-2H3/t12-,13-,16+/m0/s1. The number of halogens is 1. The molecule has 0 radical (unpaired) electrons. The Morgan fingerprint density at radius 2 is 1.95 bits per heavy atom. The van der Waals surface area contributed by atoms with Crippen LogP contribution in [0.25, 0.3) is 0 Å². The number of hydrogen-bond donors (Lipinski definition) is 2. The molecule has 1 aromatic rings. The number of aliphatic hydroxyl groups excluding tert-OH is 2. The third-order valence-electron chi connectivity index (χ3n) is 4.04. The zero-order valence-electron chi connectivity index (χ0n) is 12.7. The summed E-state index contributed by atoms with van der Waals surface area (Å²) in [6, 6.07) is 7.83. The topological polar surface area (TPSA) is 46.9 Å². The summed E-state index contributed by atoms with van der Waals surface area (Å²) in [5, 5.41) is 20.5. The molecule has 5 heteroatoms. The molecule has 2 rings (SSSR count). The van der Waals surface area contributed by atoms with Gasteiger partial charge in [-0.1, -0.05) is 29.8 Å². The number of hydrogen-bond acceptors (Lipinski definition) is 4. The summed E-state index contributed by atoms with van der Waals surface area (Å²) in [6.07, 6.45) is -0.859. The lowest BCUT2D eigenvalue weighted by Crippen LogP contribution is -2.54. The Hall–Kier alpha value is -0.650. The fourth-order valence-corrected chi connectivity index (χ4v) is 3.20. The van der Waals surface area contributed by atoms with E-state index in [-0.39, 0.29) is 6.10 Å². The number of β-amino-alcohol motifs (C(OH)–C–C–N with tert-alkyl or cyclic N) is 2. The molecule has 3 atom stereocenters. The van der Waals surface area contributed by atoms with Crippen molar-refractivity contribution < 1.29 is 10.2 Å². The zero-order chi connectivity index (χ0) is 15.4. The van der Waals surface area contributed by atoms with Gasteiger partial charge in [0, 0.05) is 49.4 Å². The van der Waals surface area contributed by atoms with Gasteiger partial charge in [0.05, 0.1) is 12.2 Å². The van der Waals surface area contributed by atoms with E-state index in [1.165, 1.54) is 0 Å². The van der Waals surface area contributed by atoms with Gasteiger partial charge in [-0.25, -0.2) is 0 Å². The van der Waals surface area contributed by atoms with Crippen LogP contribution in [-0.2, 0) is 0 Å². The molecule has 21 heavy (non-hydrogen) atoms. The van der Waals surface area contributed by atoms with Gasteiger partial charge in [0.25, 0.3) is 0 Å². The summed E-state index contributed by atoms with van der Waals surface area (Å²) in [5.74, 6) is 0. The van der Waals surface area contributed by atoms with E-state index in [9.17, 15) is 10.2 Å². The van der Waals surface area contributed by atoms with Gasteiger partial charge in [0.2, 0.25) is 0 Å². The lowest BCUT2D eigenvalue weighted by atomic mass is 10.1. The van der Waals surface area contributed by atoms with Crippen LogP contribution < -0.4 is 0 Å². The van der Waals surface area contributed by atoms with Crippen LogP contribution in [0.4, 0.5) is 0 Å². The minimum atomic E-state index is -0.561. The normalized spacial score (nSPS) is 24.0. The number of nitrogens with zero attached hydrogens (tertiary/aromatic N) is 2. The number of aliphatic hydroxyl groups is 2. The van der Waals surface area contributed by atoms with E-state index in [1.807, 2.05) is 31.2 Å². The smallest absolute Gasteiger partial charge is 0.0931 e. The average molecular weight is 313 g/mol. The Kier molecular flexibility index (Phi) is 6.02. The van der Waals surface area contributed by atoms with Gasteiger partial charge in [-0.05, 0) is 19.9 Å². The van der Waals surface area contributed by atoms with Crippen molar-refractivity contribution in [1.82, 2.24) is 9.80 Å². The molecule has 1 aromatic carbocycles. The Bertz CT molecular complexity index is 456. The van der Waals surface area contributed by atoms with Gasteiger partial charge in [-0.2, -0.15) is 0 Å². The zero-order valence-corrected chi connectivity index (χ0v) is 13.5. The molecule has 118 valence electrons. The van der Waals surface area contributed by atoms with Gasteiger partial charge < -0.3 is 10.2 Å². The minimum absolute atomic E-state index is 0.298. The summed E-state index contributed by atoms with van der Waals surface area (Å²) in [5.41, 5.74) is 0.790. The quantitative estimate of drug-likeness (QED) is 0.870. The molecule has 1 aliphatic heterocycles. The maximum atomic E-state index is 10.4. The predicted octanol–water partition coefficient (Wildman–Crippen LogP) is 1.76. The van der Waals surface area contributed by atoms with E-state index in [1.54, 1.807) is 0 Å². The Morgan fingerprint density at radius 1 is 1.24 bits per heavy atom. The molecule has 0 aromatic heterocycles. The molecule has 1 fully saturated rings. The fourth-order valence-electron chi connectivity index (χ4n) is 2.94. The van der Waals surface area contributed by atoms with Crippen molar-refractivity contribution in [2.75, 3.05) is 32.7 Å². The summed E-state index contributed by atoms with van der Waals surface area (Å²) in [6.45, 7) is 8.00. The number of piperazine rings is 1. The molecule has 1 aliphatic rings. The average Bonchev–Trinajstić information content (AvgIpc) is 2.42. The van der Waals surface area contributed by atoms with Crippen LogP contribution in [0.5, 0.6) is 0 Å². The van der Waals surface area contributed by atoms with Crippen LogP contribution >= 0.6 is 11.6 Å². The van der Waals surface area contributed by atoms with Crippen LogP contribution in [0.15, 0.2) is 24.3 Å². The highest BCUT2D eigenvalue weighted by Gasteiger charge is 2.26. The van der Waals surface area contributed by atoms with Gasteiger partial charge in [0.15, 0.2) is 0 Å². The van der Waals surface area contributed by atoms with Crippen LogP contribution in [0.1, 0.15) is 25.5 Å². The van der Waals surface area contributed by atoms with Crippen molar-refractivity contribution in [3.63, 3.8) is 0 Å². The fraction of sp³-hybridized carbons (Fsp3) is 0.625. The molecule has 1 saturated heterocycles. The Morgan fingerprint density at radius 3 is 2.57 bits per heavy atom. The van der Waals surface area contributed by atoms with Crippen molar-refractivity contribution in [2.24, 2.45) is 0 Å². The summed E-state index contributed by atoms with van der Waals surface area (Å²) < 4.78 is 0. The Labute approximate surface area is 131 Å². The van der Waals surface area contributed by atoms with E-state index in [4.69, 9.17) is 11.6 Å². The second-order valence-corrected chi connectivity index (χ2v) is 6.40. The van der Waals surface area contributed by atoms with Crippen LogP contribution in [0.3, 0.4) is 0 Å². The number of rotatable bonds is 5. The molecule has 0 amide bonds. The van der Waals surface area contributed by atoms with Crippen molar-refractivity contribution in [2.45, 2.75) is 32.1 Å². The molecule has 0 saturated carbocycles. The van der Waals surface area contributed by atoms with E-state index in [0.29, 0.717) is 24.2 Å². The largest absolute Gasteiger partial charge is 0.392 e. The monoisotopic (exact) mass is 312 g/mol. The first kappa shape index (κ1) is 16.7. The molecular weight excluding hydrogens is 288 g/mol. The van der Waals surface area contributed by atoms with E-state index in [0.717, 1.165) is 25.2 Å². The predicted molar refractivity (Wildman–Crippen MR) is 85.6 cm³/mol. The van der Waals surface area contributed by atoms with Crippen LogP contribution in [0.2, 0.25) is 5.02 Å². The minimum Gasteiger partial charge on any atom is -0.392 e. The molecular formula is C16H25ClN2O2. The first-order chi connectivity index (χ1) is 9.97. The van der Waals surface area contributed by atoms with Crippen molar-refractivity contribution in [3.8, 4) is 0 Å². The van der Waals surface area contributed by atoms with Crippen LogP contribution in [-0.4, -0.2) is 64.9 Å². The van der Waals surface area contributed by atoms with Crippen molar-refractivity contribution in [3.05, 3.63) is 34.9 Å².